The van der Waals surface area contributed by atoms with Crippen molar-refractivity contribution in [2.45, 2.75) is 45.3 Å². The van der Waals surface area contributed by atoms with E-state index in [1.54, 1.807) is 30.3 Å². The lowest BCUT2D eigenvalue weighted by atomic mass is 10.0. The molecular weight excluding hydrogens is 486 g/mol. The number of nitrogens with zero attached hydrogens (tertiary/aromatic N) is 2. The largest absolute Gasteiger partial charge is 0.352 e. The first-order chi connectivity index (χ1) is 17.7. The Morgan fingerprint density at radius 2 is 1.35 bits per heavy atom. The SMILES string of the molecule is CC[C@@H](C)NC(=O)[C@H](Cc1ccccc1)N(Cc1ccccc1)C(=O)CN(c1ccccc1)S(C)(=O)=O. The molecule has 3 aromatic rings. The summed E-state index contributed by atoms with van der Waals surface area (Å²) in [6, 6.07) is 26.5. The smallest absolute Gasteiger partial charge is 0.244 e. The lowest BCUT2D eigenvalue weighted by Gasteiger charge is -2.34. The third-order valence-electron chi connectivity index (χ3n) is 6.19. The predicted octanol–water partition coefficient (Wildman–Crippen LogP) is 4.01. The van der Waals surface area contributed by atoms with Crippen LogP contribution in [0.5, 0.6) is 0 Å². The highest BCUT2D eigenvalue weighted by Gasteiger charge is 2.33. The number of nitrogens with one attached hydrogen (secondary N) is 1. The van der Waals surface area contributed by atoms with E-state index < -0.39 is 28.5 Å². The highest BCUT2D eigenvalue weighted by molar-refractivity contribution is 7.92. The molecule has 2 amide bonds. The second kappa shape index (κ2) is 13.1. The molecule has 8 heteroatoms. The van der Waals surface area contributed by atoms with E-state index in [0.29, 0.717) is 12.1 Å². The van der Waals surface area contributed by atoms with Crippen LogP contribution in [0.3, 0.4) is 0 Å². The van der Waals surface area contributed by atoms with Crippen LogP contribution in [-0.2, 0) is 32.6 Å². The Bertz CT molecular complexity index is 1250. The van der Waals surface area contributed by atoms with Crippen LogP contribution in [-0.4, -0.2) is 50.0 Å². The van der Waals surface area contributed by atoms with Gasteiger partial charge < -0.3 is 10.2 Å². The molecule has 37 heavy (non-hydrogen) atoms. The summed E-state index contributed by atoms with van der Waals surface area (Å²) >= 11 is 0. The van der Waals surface area contributed by atoms with Crippen molar-refractivity contribution in [3.8, 4) is 0 Å². The molecule has 196 valence electrons. The first-order valence-electron chi connectivity index (χ1n) is 12.4. The normalized spacial score (nSPS) is 12.8. The van der Waals surface area contributed by atoms with Gasteiger partial charge in [0.25, 0.3) is 0 Å². The van der Waals surface area contributed by atoms with Crippen LogP contribution in [0.2, 0.25) is 0 Å². The van der Waals surface area contributed by atoms with E-state index in [-0.39, 0.29) is 18.5 Å². The zero-order valence-corrected chi connectivity index (χ0v) is 22.4. The number of hydrogen-bond donors (Lipinski definition) is 1. The van der Waals surface area contributed by atoms with Gasteiger partial charge in [0.1, 0.15) is 12.6 Å². The zero-order chi connectivity index (χ0) is 26.8. The number of hydrogen-bond acceptors (Lipinski definition) is 4. The van der Waals surface area contributed by atoms with Gasteiger partial charge in [0.05, 0.1) is 11.9 Å². The van der Waals surface area contributed by atoms with Crippen LogP contribution >= 0.6 is 0 Å². The van der Waals surface area contributed by atoms with Gasteiger partial charge in [-0.1, -0.05) is 85.8 Å². The van der Waals surface area contributed by atoms with Gasteiger partial charge in [-0.3, -0.25) is 13.9 Å². The van der Waals surface area contributed by atoms with E-state index in [1.807, 2.05) is 74.5 Å². The molecule has 0 aliphatic rings. The summed E-state index contributed by atoms with van der Waals surface area (Å²) in [5, 5.41) is 3.02. The summed E-state index contributed by atoms with van der Waals surface area (Å²) in [6.07, 6.45) is 2.12. The van der Waals surface area contributed by atoms with Crippen LogP contribution in [0.1, 0.15) is 31.4 Å². The molecule has 3 rings (SSSR count). The zero-order valence-electron chi connectivity index (χ0n) is 21.6. The molecule has 0 aliphatic heterocycles. The molecule has 0 radical (unpaired) electrons. The molecule has 0 fully saturated rings. The maximum Gasteiger partial charge on any atom is 0.244 e. The van der Waals surface area contributed by atoms with Crippen molar-refractivity contribution in [2.24, 2.45) is 0 Å². The molecule has 1 N–H and O–H groups in total. The average Bonchev–Trinajstić information content (AvgIpc) is 2.90. The molecule has 0 saturated heterocycles. The predicted molar refractivity (Wildman–Crippen MR) is 147 cm³/mol. The molecule has 0 aromatic heterocycles. The molecule has 0 spiro atoms. The number of anilines is 1. The number of carbonyl (C=O) groups is 2. The third-order valence-corrected chi connectivity index (χ3v) is 7.33. The van der Waals surface area contributed by atoms with E-state index in [9.17, 15) is 18.0 Å². The van der Waals surface area contributed by atoms with Crippen LogP contribution < -0.4 is 9.62 Å². The van der Waals surface area contributed by atoms with Crippen molar-refractivity contribution in [1.82, 2.24) is 10.2 Å². The number of rotatable bonds is 12. The Labute approximate surface area is 220 Å². The van der Waals surface area contributed by atoms with Gasteiger partial charge in [-0.2, -0.15) is 0 Å². The second-order valence-corrected chi connectivity index (χ2v) is 11.0. The van der Waals surface area contributed by atoms with Crippen molar-refractivity contribution < 1.29 is 18.0 Å². The summed E-state index contributed by atoms with van der Waals surface area (Å²) < 4.78 is 26.5. The van der Waals surface area contributed by atoms with E-state index in [2.05, 4.69) is 5.32 Å². The summed E-state index contributed by atoms with van der Waals surface area (Å²) in [7, 11) is -3.76. The maximum absolute atomic E-state index is 13.9. The van der Waals surface area contributed by atoms with Crippen molar-refractivity contribution in [3.05, 3.63) is 102 Å². The van der Waals surface area contributed by atoms with Crippen molar-refractivity contribution in [1.29, 1.82) is 0 Å². The van der Waals surface area contributed by atoms with Gasteiger partial charge in [-0.15, -0.1) is 0 Å². The number of amides is 2. The molecule has 0 bridgehead atoms. The third kappa shape index (κ3) is 8.18. The monoisotopic (exact) mass is 521 g/mol. The molecule has 0 heterocycles. The number of benzene rings is 3. The number of sulfonamides is 1. The summed E-state index contributed by atoms with van der Waals surface area (Å²) in [4.78, 5) is 29.0. The average molecular weight is 522 g/mol. The van der Waals surface area contributed by atoms with Gasteiger partial charge in [-0.05, 0) is 36.6 Å². The van der Waals surface area contributed by atoms with Gasteiger partial charge in [-0.25, -0.2) is 8.42 Å². The van der Waals surface area contributed by atoms with Crippen molar-refractivity contribution in [2.75, 3.05) is 17.1 Å². The molecule has 0 saturated carbocycles. The lowest BCUT2D eigenvalue weighted by Crippen LogP contribution is -2.54. The highest BCUT2D eigenvalue weighted by atomic mass is 32.2. The highest BCUT2D eigenvalue weighted by Crippen LogP contribution is 2.20. The van der Waals surface area contributed by atoms with Crippen molar-refractivity contribution in [3.63, 3.8) is 0 Å². The van der Waals surface area contributed by atoms with E-state index in [1.165, 1.54) is 4.90 Å². The van der Waals surface area contributed by atoms with Gasteiger partial charge in [0.15, 0.2) is 0 Å². The first-order valence-corrected chi connectivity index (χ1v) is 14.2. The second-order valence-electron chi connectivity index (χ2n) is 9.14. The van der Waals surface area contributed by atoms with Crippen LogP contribution in [0.4, 0.5) is 5.69 Å². The van der Waals surface area contributed by atoms with Crippen LogP contribution in [0.25, 0.3) is 0 Å². The minimum absolute atomic E-state index is 0.0729. The molecule has 2 atom stereocenters. The Kier molecular flexibility index (Phi) is 9.85. The van der Waals surface area contributed by atoms with Gasteiger partial charge in [0, 0.05) is 19.0 Å². The Morgan fingerprint density at radius 1 is 0.838 bits per heavy atom. The van der Waals surface area contributed by atoms with Crippen LogP contribution in [0, 0.1) is 0 Å². The molecule has 0 unspecified atom stereocenters. The fourth-order valence-corrected chi connectivity index (χ4v) is 4.83. The van der Waals surface area contributed by atoms with E-state index in [0.717, 1.165) is 28.1 Å². The Morgan fingerprint density at radius 3 is 1.86 bits per heavy atom. The fourth-order valence-electron chi connectivity index (χ4n) is 3.98. The van der Waals surface area contributed by atoms with E-state index >= 15 is 0 Å². The van der Waals surface area contributed by atoms with Gasteiger partial charge >= 0.3 is 0 Å². The van der Waals surface area contributed by atoms with Crippen molar-refractivity contribution >= 4 is 27.5 Å². The van der Waals surface area contributed by atoms with Gasteiger partial charge in [0.2, 0.25) is 21.8 Å². The van der Waals surface area contributed by atoms with Crippen LogP contribution in [0.15, 0.2) is 91.0 Å². The summed E-state index contributed by atoms with van der Waals surface area (Å²) in [5.41, 5.74) is 2.14. The topological polar surface area (TPSA) is 86.8 Å². The molecule has 7 nitrogen and oxygen atoms in total. The molecule has 0 aliphatic carbocycles. The quantitative estimate of drug-likeness (QED) is 0.390. The fraction of sp³-hybridized carbons (Fsp3) is 0.310. The molecular formula is C29H35N3O4S. The standard InChI is InChI=1S/C29H35N3O4S/c1-4-23(2)30-29(34)27(20-24-14-8-5-9-15-24)31(21-25-16-10-6-11-17-25)28(33)22-32(37(3,35)36)26-18-12-7-13-19-26/h5-19,23,27H,4,20-22H2,1-3H3,(H,30,34)/t23-,27+/m1/s1. The Hall–Kier alpha value is -3.65. The molecule has 3 aromatic carbocycles. The number of para-hydroxylation sites is 1. The summed E-state index contributed by atoms with van der Waals surface area (Å²) in [5.74, 6) is -0.730. The maximum atomic E-state index is 13.9. The minimum Gasteiger partial charge on any atom is -0.352 e. The van der Waals surface area contributed by atoms with E-state index in [4.69, 9.17) is 0 Å². The number of carbonyl (C=O) groups excluding carboxylic acids is 2. The minimum atomic E-state index is -3.76. The first kappa shape index (κ1) is 27.9. The summed E-state index contributed by atoms with van der Waals surface area (Å²) in [6.45, 7) is 3.64. The Balaban J connectivity index is 2.02. The lowest BCUT2D eigenvalue weighted by molar-refractivity contribution is -0.140.